The first-order valence-electron chi connectivity index (χ1n) is 6.23. The van der Waals surface area contributed by atoms with Gasteiger partial charge in [-0.15, -0.1) is 0 Å². The quantitative estimate of drug-likeness (QED) is 0.596. The van der Waals surface area contributed by atoms with Crippen molar-refractivity contribution in [3.8, 4) is 0 Å². The van der Waals surface area contributed by atoms with Crippen molar-refractivity contribution in [2.24, 2.45) is 0 Å². The van der Waals surface area contributed by atoms with Gasteiger partial charge in [-0.25, -0.2) is 0 Å². The maximum absolute atomic E-state index is 11.1. The zero-order valence-electron chi connectivity index (χ0n) is 10.5. The fourth-order valence-corrected chi connectivity index (χ4v) is 1.54. The fraction of sp³-hybridized carbons (Fsp3) is 0.917. The van der Waals surface area contributed by atoms with Crippen LogP contribution in [0.3, 0.4) is 0 Å². The molecule has 15 heavy (non-hydrogen) atoms. The summed E-state index contributed by atoms with van der Waals surface area (Å²) < 4.78 is 0. The first-order valence-corrected chi connectivity index (χ1v) is 6.23. The Balaban J connectivity index is 3.27. The maximum Gasteiger partial charge on any atom is 0.219 e. The Morgan fingerprint density at radius 3 is 2.33 bits per heavy atom. The molecule has 0 heterocycles. The number of hydrogen-bond donors (Lipinski definition) is 1. The Hall–Kier alpha value is -0.570. The molecular formula is C12H26N2O. The third-order valence-electron chi connectivity index (χ3n) is 2.59. The minimum Gasteiger partial charge on any atom is -0.356 e. The van der Waals surface area contributed by atoms with Gasteiger partial charge in [-0.2, -0.15) is 0 Å². The third-order valence-corrected chi connectivity index (χ3v) is 2.59. The largest absolute Gasteiger partial charge is 0.356 e. The Labute approximate surface area is 94.2 Å². The molecule has 0 saturated carbocycles. The van der Waals surface area contributed by atoms with Gasteiger partial charge < -0.3 is 10.2 Å². The molecule has 0 spiro atoms. The lowest BCUT2D eigenvalue weighted by atomic mass is 10.2. The zero-order chi connectivity index (χ0) is 11.5. The molecule has 0 fully saturated rings. The Bertz CT molecular complexity index is 156. The summed E-state index contributed by atoms with van der Waals surface area (Å²) in [6.07, 6.45) is 3.86. The minimum absolute atomic E-state index is 0.195. The lowest BCUT2D eigenvalue weighted by molar-refractivity contribution is -0.121. The summed E-state index contributed by atoms with van der Waals surface area (Å²) >= 11 is 0. The predicted molar refractivity (Wildman–Crippen MR) is 64.9 cm³/mol. The molecule has 3 nitrogen and oxygen atoms in total. The molecule has 0 radical (unpaired) electrons. The second-order valence-corrected chi connectivity index (χ2v) is 3.83. The van der Waals surface area contributed by atoms with Crippen LogP contribution in [0.5, 0.6) is 0 Å². The van der Waals surface area contributed by atoms with E-state index >= 15 is 0 Å². The van der Waals surface area contributed by atoms with Crippen molar-refractivity contribution in [3.63, 3.8) is 0 Å². The van der Waals surface area contributed by atoms with E-state index in [1.807, 2.05) is 6.92 Å². The molecule has 0 atom stereocenters. The number of carbonyl (C=O) groups excluding carboxylic acids is 1. The second-order valence-electron chi connectivity index (χ2n) is 3.83. The van der Waals surface area contributed by atoms with Crippen LogP contribution in [0.25, 0.3) is 0 Å². The van der Waals surface area contributed by atoms with Gasteiger partial charge in [-0.3, -0.25) is 4.79 Å². The van der Waals surface area contributed by atoms with Gasteiger partial charge >= 0.3 is 0 Å². The number of rotatable bonds is 9. The van der Waals surface area contributed by atoms with Gasteiger partial charge in [-0.1, -0.05) is 20.8 Å². The molecule has 0 aliphatic carbocycles. The molecule has 0 aliphatic rings. The smallest absolute Gasteiger partial charge is 0.219 e. The third kappa shape index (κ3) is 8.43. The Morgan fingerprint density at radius 1 is 1.13 bits per heavy atom. The van der Waals surface area contributed by atoms with Crippen molar-refractivity contribution in [2.45, 2.75) is 46.5 Å². The van der Waals surface area contributed by atoms with E-state index in [2.05, 4.69) is 24.1 Å². The van der Waals surface area contributed by atoms with Crippen LogP contribution < -0.4 is 5.32 Å². The minimum atomic E-state index is 0.195. The van der Waals surface area contributed by atoms with Gasteiger partial charge in [0, 0.05) is 13.0 Å². The summed E-state index contributed by atoms with van der Waals surface area (Å²) in [4.78, 5) is 13.5. The van der Waals surface area contributed by atoms with Gasteiger partial charge in [0.25, 0.3) is 0 Å². The van der Waals surface area contributed by atoms with Crippen LogP contribution in [-0.4, -0.2) is 37.0 Å². The van der Waals surface area contributed by atoms with E-state index < -0.39 is 0 Å². The van der Waals surface area contributed by atoms with Gasteiger partial charge in [0.15, 0.2) is 0 Å². The van der Waals surface area contributed by atoms with Gasteiger partial charge in [0.1, 0.15) is 0 Å². The number of nitrogens with one attached hydrogen (secondary N) is 1. The van der Waals surface area contributed by atoms with Crippen molar-refractivity contribution < 1.29 is 4.79 Å². The standard InChI is InChI=1S/C12H26N2O/c1-4-9-12(15)13-10-7-8-11-14(5-2)6-3/h4-11H2,1-3H3,(H,13,15). The van der Waals surface area contributed by atoms with E-state index in [0.717, 1.165) is 39.0 Å². The first-order chi connectivity index (χ1) is 7.24. The van der Waals surface area contributed by atoms with E-state index in [1.165, 1.54) is 6.42 Å². The molecule has 0 aromatic heterocycles. The van der Waals surface area contributed by atoms with Crippen LogP contribution in [0.15, 0.2) is 0 Å². The number of nitrogens with zero attached hydrogens (tertiary/aromatic N) is 1. The average molecular weight is 214 g/mol. The Morgan fingerprint density at radius 2 is 1.80 bits per heavy atom. The van der Waals surface area contributed by atoms with E-state index in [9.17, 15) is 4.79 Å². The van der Waals surface area contributed by atoms with E-state index in [1.54, 1.807) is 0 Å². The van der Waals surface area contributed by atoms with Crippen molar-refractivity contribution in [1.29, 1.82) is 0 Å². The molecule has 0 aromatic carbocycles. The molecule has 1 amide bonds. The normalized spacial score (nSPS) is 10.7. The highest BCUT2D eigenvalue weighted by molar-refractivity contribution is 5.75. The van der Waals surface area contributed by atoms with Crippen molar-refractivity contribution in [2.75, 3.05) is 26.2 Å². The molecule has 0 bridgehead atoms. The SMILES string of the molecule is CCCC(=O)NCCCCN(CC)CC. The van der Waals surface area contributed by atoms with Crippen LogP contribution >= 0.6 is 0 Å². The monoisotopic (exact) mass is 214 g/mol. The highest BCUT2D eigenvalue weighted by Crippen LogP contribution is 1.94. The van der Waals surface area contributed by atoms with Crippen LogP contribution in [0.4, 0.5) is 0 Å². The van der Waals surface area contributed by atoms with Gasteiger partial charge in [0.2, 0.25) is 5.91 Å². The van der Waals surface area contributed by atoms with Crippen molar-refractivity contribution in [3.05, 3.63) is 0 Å². The fourth-order valence-electron chi connectivity index (χ4n) is 1.54. The number of hydrogen-bond acceptors (Lipinski definition) is 2. The summed E-state index contributed by atoms with van der Waals surface area (Å²) in [6, 6.07) is 0. The van der Waals surface area contributed by atoms with Gasteiger partial charge in [0.05, 0.1) is 0 Å². The van der Waals surface area contributed by atoms with Crippen LogP contribution in [-0.2, 0) is 4.79 Å². The number of carbonyl (C=O) groups is 1. The summed E-state index contributed by atoms with van der Waals surface area (Å²) in [5, 5.41) is 2.94. The van der Waals surface area contributed by atoms with Crippen molar-refractivity contribution in [1.82, 2.24) is 10.2 Å². The lowest BCUT2D eigenvalue weighted by Crippen LogP contribution is -2.27. The predicted octanol–water partition coefficient (Wildman–Crippen LogP) is 2.02. The second kappa shape index (κ2) is 9.97. The lowest BCUT2D eigenvalue weighted by Gasteiger charge is -2.17. The highest BCUT2D eigenvalue weighted by Gasteiger charge is 1.99. The summed E-state index contributed by atoms with van der Waals surface area (Å²) in [7, 11) is 0. The van der Waals surface area contributed by atoms with E-state index in [4.69, 9.17) is 0 Å². The van der Waals surface area contributed by atoms with E-state index in [0.29, 0.717) is 6.42 Å². The molecule has 90 valence electrons. The topological polar surface area (TPSA) is 32.3 Å². The molecule has 1 N–H and O–H groups in total. The molecule has 0 saturated heterocycles. The Kier molecular flexibility index (Phi) is 9.59. The summed E-state index contributed by atoms with van der Waals surface area (Å²) in [5.41, 5.74) is 0. The average Bonchev–Trinajstić information content (AvgIpc) is 2.24. The highest BCUT2D eigenvalue weighted by atomic mass is 16.1. The molecule has 0 rings (SSSR count). The number of unbranched alkanes of at least 4 members (excludes halogenated alkanes) is 1. The van der Waals surface area contributed by atoms with Crippen LogP contribution in [0.2, 0.25) is 0 Å². The molecule has 0 unspecified atom stereocenters. The zero-order valence-corrected chi connectivity index (χ0v) is 10.5. The van der Waals surface area contributed by atoms with Crippen LogP contribution in [0, 0.1) is 0 Å². The van der Waals surface area contributed by atoms with Crippen molar-refractivity contribution >= 4 is 5.91 Å². The first kappa shape index (κ1) is 14.4. The van der Waals surface area contributed by atoms with E-state index in [-0.39, 0.29) is 5.91 Å². The molecular weight excluding hydrogens is 188 g/mol. The molecule has 0 aliphatic heterocycles. The van der Waals surface area contributed by atoms with Crippen LogP contribution in [0.1, 0.15) is 46.5 Å². The summed E-state index contributed by atoms with van der Waals surface area (Å²) in [6.45, 7) is 10.6. The van der Waals surface area contributed by atoms with Gasteiger partial charge in [-0.05, 0) is 38.9 Å². The summed E-state index contributed by atoms with van der Waals surface area (Å²) in [5.74, 6) is 0.195. The molecule has 0 aromatic rings. The maximum atomic E-state index is 11.1. The number of amides is 1. The molecule has 3 heteroatoms.